The van der Waals surface area contributed by atoms with Crippen molar-refractivity contribution in [1.82, 2.24) is 0 Å². The van der Waals surface area contributed by atoms with Gasteiger partial charge in [0.2, 0.25) is 0 Å². The van der Waals surface area contributed by atoms with Crippen molar-refractivity contribution in [2.45, 2.75) is 32.1 Å². The topological polar surface area (TPSA) is 0 Å². The standard InChI is InChI=1S/C22H22S/c1-3-9-17(10-4-1)15-19-16-22(18-11-5-2-6-12-18)23-21-14-8-7-13-20(19)21/h1-6,9-12,16,19H,7-8,13-15H2. The first-order valence-electron chi connectivity index (χ1n) is 8.61. The lowest BCUT2D eigenvalue weighted by Gasteiger charge is -2.31. The van der Waals surface area contributed by atoms with E-state index in [0.717, 1.165) is 6.42 Å². The van der Waals surface area contributed by atoms with Crippen LogP contribution in [0.25, 0.3) is 4.91 Å². The normalized spacial score (nSPS) is 20.9. The molecule has 2 aromatic carbocycles. The summed E-state index contributed by atoms with van der Waals surface area (Å²) in [6, 6.07) is 21.8. The van der Waals surface area contributed by atoms with Crippen LogP contribution >= 0.6 is 11.8 Å². The maximum Gasteiger partial charge on any atom is 0.0157 e. The minimum absolute atomic E-state index is 0.573. The minimum atomic E-state index is 0.573. The third-order valence-corrected chi connectivity index (χ3v) is 6.15. The number of benzene rings is 2. The summed E-state index contributed by atoms with van der Waals surface area (Å²) < 4.78 is 0. The molecule has 2 aliphatic rings. The van der Waals surface area contributed by atoms with Crippen molar-refractivity contribution in [1.29, 1.82) is 0 Å². The van der Waals surface area contributed by atoms with Gasteiger partial charge in [-0.05, 0) is 48.1 Å². The Kier molecular flexibility index (Phi) is 4.39. The molecule has 0 saturated carbocycles. The third-order valence-electron chi connectivity index (χ3n) is 4.85. The molecule has 1 unspecified atom stereocenters. The van der Waals surface area contributed by atoms with Gasteiger partial charge in [0.05, 0.1) is 0 Å². The van der Waals surface area contributed by atoms with Crippen LogP contribution in [-0.4, -0.2) is 0 Å². The highest BCUT2D eigenvalue weighted by Crippen LogP contribution is 2.48. The number of hydrogen-bond acceptors (Lipinski definition) is 1. The third kappa shape index (κ3) is 3.30. The van der Waals surface area contributed by atoms with E-state index in [4.69, 9.17) is 0 Å². The molecule has 0 aromatic heterocycles. The van der Waals surface area contributed by atoms with Gasteiger partial charge < -0.3 is 0 Å². The zero-order chi connectivity index (χ0) is 15.5. The first-order valence-corrected chi connectivity index (χ1v) is 9.43. The van der Waals surface area contributed by atoms with Crippen LogP contribution in [-0.2, 0) is 6.42 Å². The molecule has 0 nitrogen and oxygen atoms in total. The maximum atomic E-state index is 2.52. The molecule has 4 rings (SSSR count). The first-order chi connectivity index (χ1) is 11.4. The van der Waals surface area contributed by atoms with Crippen molar-refractivity contribution in [3.8, 4) is 0 Å². The highest BCUT2D eigenvalue weighted by molar-refractivity contribution is 8.11. The van der Waals surface area contributed by atoms with E-state index in [1.165, 1.54) is 41.7 Å². The summed E-state index contributed by atoms with van der Waals surface area (Å²) in [5, 5.41) is 0. The second kappa shape index (κ2) is 6.80. The Morgan fingerprint density at radius 3 is 2.30 bits per heavy atom. The molecular weight excluding hydrogens is 296 g/mol. The van der Waals surface area contributed by atoms with Crippen LogP contribution < -0.4 is 0 Å². The molecule has 1 aliphatic heterocycles. The summed E-state index contributed by atoms with van der Waals surface area (Å²) in [5.74, 6) is 0.573. The average Bonchev–Trinajstić information content (AvgIpc) is 2.63. The van der Waals surface area contributed by atoms with Crippen molar-refractivity contribution in [2.24, 2.45) is 5.92 Å². The van der Waals surface area contributed by atoms with Crippen molar-refractivity contribution in [2.75, 3.05) is 0 Å². The Hall–Kier alpha value is -1.73. The highest BCUT2D eigenvalue weighted by Gasteiger charge is 2.26. The monoisotopic (exact) mass is 318 g/mol. The molecule has 0 fully saturated rings. The Morgan fingerprint density at radius 2 is 1.52 bits per heavy atom. The van der Waals surface area contributed by atoms with Gasteiger partial charge in [0.25, 0.3) is 0 Å². The Labute approximate surface area is 143 Å². The predicted molar refractivity (Wildman–Crippen MR) is 101 cm³/mol. The van der Waals surface area contributed by atoms with Crippen molar-refractivity contribution in [3.05, 3.63) is 88.3 Å². The van der Waals surface area contributed by atoms with Gasteiger partial charge in [-0.15, -0.1) is 0 Å². The smallest absolute Gasteiger partial charge is 0.0157 e. The summed E-state index contributed by atoms with van der Waals surface area (Å²) in [4.78, 5) is 3.10. The Balaban J connectivity index is 1.68. The van der Waals surface area contributed by atoms with Crippen molar-refractivity contribution in [3.63, 3.8) is 0 Å². The lowest BCUT2D eigenvalue weighted by Crippen LogP contribution is -2.14. The molecule has 2 aromatic rings. The van der Waals surface area contributed by atoms with Gasteiger partial charge in [-0.3, -0.25) is 0 Å². The summed E-state index contributed by atoms with van der Waals surface area (Å²) >= 11 is 2.02. The summed E-state index contributed by atoms with van der Waals surface area (Å²) in [7, 11) is 0. The van der Waals surface area contributed by atoms with E-state index < -0.39 is 0 Å². The fourth-order valence-electron chi connectivity index (χ4n) is 3.67. The lowest BCUT2D eigenvalue weighted by molar-refractivity contribution is 0.613. The van der Waals surface area contributed by atoms with Gasteiger partial charge in [-0.25, -0.2) is 0 Å². The maximum absolute atomic E-state index is 2.52. The first kappa shape index (κ1) is 14.8. The molecule has 1 aliphatic carbocycles. The SMILES string of the molecule is C1=C(c2ccccc2)SC2=C(CCCC2)C1Cc1ccccc1. The average molecular weight is 318 g/mol. The van der Waals surface area contributed by atoms with Crippen molar-refractivity contribution >= 4 is 16.7 Å². The van der Waals surface area contributed by atoms with Crippen LogP contribution in [0.4, 0.5) is 0 Å². The number of hydrogen-bond donors (Lipinski definition) is 0. The number of thioether (sulfide) groups is 1. The molecule has 0 spiro atoms. The Bertz CT molecular complexity index is 725. The molecule has 116 valence electrons. The fraction of sp³-hybridized carbons (Fsp3) is 0.273. The van der Waals surface area contributed by atoms with Crippen LogP contribution in [0.5, 0.6) is 0 Å². The second-order valence-corrected chi connectivity index (χ2v) is 7.59. The molecule has 1 heterocycles. The lowest BCUT2D eigenvalue weighted by atomic mass is 9.84. The van der Waals surface area contributed by atoms with E-state index in [1.54, 1.807) is 10.5 Å². The zero-order valence-corrected chi connectivity index (χ0v) is 14.2. The Morgan fingerprint density at radius 1 is 0.826 bits per heavy atom. The highest BCUT2D eigenvalue weighted by atomic mass is 32.2. The van der Waals surface area contributed by atoms with Gasteiger partial charge in [0.15, 0.2) is 0 Å². The number of allylic oxidation sites excluding steroid dienone is 3. The van der Waals surface area contributed by atoms with E-state index in [1.807, 2.05) is 11.8 Å². The van der Waals surface area contributed by atoms with E-state index in [0.29, 0.717) is 5.92 Å². The largest absolute Gasteiger partial charge is 0.0943 e. The van der Waals surface area contributed by atoms with E-state index >= 15 is 0 Å². The molecule has 1 heteroatoms. The summed E-state index contributed by atoms with van der Waals surface area (Å²) in [6.45, 7) is 0. The van der Waals surface area contributed by atoms with Crippen LogP contribution in [0.15, 0.2) is 77.2 Å². The van der Waals surface area contributed by atoms with Gasteiger partial charge in [0, 0.05) is 10.8 Å². The zero-order valence-electron chi connectivity index (χ0n) is 13.4. The van der Waals surface area contributed by atoms with Gasteiger partial charge >= 0.3 is 0 Å². The summed E-state index contributed by atoms with van der Waals surface area (Å²) in [5.41, 5.74) is 4.53. The predicted octanol–water partition coefficient (Wildman–Crippen LogP) is 6.46. The molecule has 23 heavy (non-hydrogen) atoms. The van der Waals surface area contributed by atoms with E-state index in [-0.39, 0.29) is 0 Å². The summed E-state index contributed by atoms with van der Waals surface area (Å²) in [6.07, 6.45) is 8.94. The van der Waals surface area contributed by atoms with Crippen LogP contribution in [0.1, 0.15) is 36.8 Å². The molecular formula is C22H22S. The molecule has 0 saturated heterocycles. The van der Waals surface area contributed by atoms with Gasteiger partial charge in [-0.1, -0.05) is 84.1 Å². The van der Waals surface area contributed by atoms with Gasteiger partial charge in [0.1, 0.15) is 0 Å². The fourth-order valence-corrected chi connectivity index (χ4v) is 5.05. The molecule has 0 N–H and O–H groups in total. The molecule has 0 amide bonds. The van der Waals surface area contributed by atoms with Crippen LogP contribution in [0.2, 0.25) is 0 Å². The molecule has 0 radical (unpaired) electrons. The van der Waals surface area contributed by atoms with Crippen LogP contribution in [0.3, 0.4) is 0 Å². The second-order valence-electron chi connectivity index (χ2n) is 6.45. The van der Waals surface area contributed by atoms with E-state index in [9.17, 15) is 0 Å². The minimum Gasteiger partial charge on any atom is -0.0943 e. The van der Waals surface area contributed by atoms with E-state index in [2.05, 4.69) is 66.7 Å². The quantitative estimate of drug-likeness (QED) is 0.625. The molecule has 1 atom stereocenters. The molecule has 0 bridgehead atoms. The van der Waals surface area contributed by atoms with Gasteiger partial charge in [-0.2, -0.15) is 0 Å². The van der Waals surface area contributed by atoms with Crippen molar-refractivity contribution < 1.29 is 0 Å². The number of rotatable bonds is 3. The van der Waals surface area contributed by atoms with Crippen LogP contribution in [0, 0.1) is 5.92 Å².